The second-order valence-electron chi connectivity index (χ2n) is 5.42. The van der Waals surface area contributed by atoms with Crippen molar-refractivity contribution in [2.45, 2.75) is 38.3 Å². The Bertz CT molecular complexity index is 568. The van der Waals surface area contributed by atoms with Crippen molar-refractivity contribution in [3.8, 4) is 0 Å². The average molecular weight is 263 g/mol. The van der Waals surface area contributed by atoms with Gasteiger partial charge in [0, 0.05) is 24.2 Å². The second-order valence-corrected chi connectivity index (χ2v) is 6.30. The molecule has 18 heavy (non-hydrogen) atoms. The molecule has 0 atom stereocenters. The molecule has 4 rings (SSSR count). The third-order valence-electron chi connectivity index (χ3n) is 3.90. The fraction of sp³-hybridized carbons (Fsp3) is 0.615. The van der Waals surface area contributed by atoms with Gasteiger partial charge >= 0.3 is 0 Å². The molecule has 96 valence electrons. The van der Waals surface area contributed by atoms with Gasteiger partial charge in [-0.15, -0.1) is 11.3 Å². The highest BCUT2D eigenvalue weighted by Gasteiger charge is 2.36. The largest absolute Gasteiger partial charge is 0.390 e. The fourth-order valence-corrected chi connectivity index (χ4v) is 3.30. The molecular weight excluding hydrogens is 246 g/mol. The highest BCUT2D eigenvalue weighted by atomic mass is 32.1. The van der Waals surface area contributed by atoms with Crippen LogP contribution in [0.2, 0.25) is 0 Å². The van der Waals surface area contributed by atoms with Crippen molar-refractivity contribution < 1.29 is 5.11 Å². The summed E-state index contributed by atoms with van der Waals surface area (Å²) in [5.74, 6) is 1.88. The first-order chi connectivity index (χ1) is 8.86. The van der Waals surface area contributed by atoms with E-state index in [1.165, 1.54) is 25.7 Å². The predicted octanol–water partition coefficient (Wildman–Crippen LogP) is 2.27. The molecule has 2 aromatic rings. The number of hydrogen-bond acceptors (Lipinski definition) is 4. The molecular formula is C13H17N3OS. The van der Waals surface area contributed by atoms with Gasteiger partial charge in [-0.05, 0) is 31.6 Å². The van der Waals surface area contributed by atoms with Gasteiger partial charge in [0.15, 0.2) is 10.8 Å². The fourth-order valence-electron chi connectivity index (χ4n) is 2.57. The van der Waals surface area contributed by atoms with Gasteiger partial charge in [0.2, 0.25) is 0 Å². The van der Waals surface area contributed by atoms with Crippen molar-refractivity contribution in [2.24, 2.45) is 5.92 Å². The zero-order chi connectivity index (χ0) is 12.1. The molecule has 0 saturated heterocycles. The minimum Gasteiger partial charge on any atom is -0.390 e. The summed E-state index contributed by atoms with van der Waals surface area (Å²) in [7, 11) is 0. The summed E-state index contributed by atoms with van der Waals surface area (Å²) in [6.07, 6.45) is 7.29. The van der Waals surface area contributed by atoms with Crippen molar-refractivity contribution in [1.29, 1.82) is 0 Å². The average Bonchev–Trinajstić information content (AvgIpc) is 3.26. The van der Waals surface area contributed by atoms with E-state index in [1.54, 1.807) is 11.3 Å². The smallest absolute Gasteiger partial charge is 0.195 e. The summed E-state index contributed by atoms with van der Waals surface area (Å²) in [5, 5.41) is 11.7. The molecule has 0 unspecified atom stereocenters. The summed E-state index contributed by atoms with van der Waals surface area (Å²) in [6, 6.07) is 0.667. The van der Waals surface area contributed by atoms with Crippen LogP contribution in [0.25, 0.3) is 4.96 Å². The van der Waals surface area contributed by atoms with Crippen molar-refractivity contribution in [2.75, 3.05) is 11.4 Å². The topological polar surface area (TPSA) is 40.8 Å². The van der Waals surface area contributed by atoms with Crippen molar-refractivity contribution in [3.63, 3.8) is 0 Å². The number of aliphatic hydroxyl groups is 1. The number of aromatic nitrogens is 2. The molecule has 0 spiro atoms. The molecule has 2 fully saturated rings. The third-order valence-corrected chi connectivity index (χ3v) is 4.66. The Labute approximate surface area is 110 Å². The van der Waals surface area contributed by atoms with Crippen LogP contribution in [0.3, 0.4) is 0 Å². The molecule has 0 aliphatic heterocycles. The molecule has 4 nitrogen and oxygen atoms in total. The van der Waals surface area contributed by atoms with Crippen LogP contribution in [-0.2, 0) is 6.61 Å². The van der Waals surface area contributed by atoms with Crippen LogP contribution in [0.4, 0.5) is 5.82 Å². The van der Waals surface area contributed by atoms with Gasteiger partial charge in [-0.2, -0.15) is 0 Å². The SMILES string of the molecule is OCc1c(N(CC2CC2)C2CC2)nc2sccn12. The number of aliphatic hydroxyl groups excluding tert-OH is 1. The van der Waals surface area contributed by atoms with Crippen molar-refractivity contribution in [3.05, 3.63) is 17.3 Å². The van der Waals surface area contributed by atoms with Crippen LogP contribution in [-0.4, -0.2) is 27.1 Å². The van der Waals surface area contributed by atoms with Gasteiger partial charge in [-0.3, -0.25) is 4.40 Å². The van der Waals surface area contributed by atoms with Crippen molar-refractivity contribution >= 4 is 22.1 Å². The normalized spacial score (nSPS) is 19.6. The van der Waals surface area contributed by atoms with E-state index in [0.29, 0.717) is 6.04 Å². The Kier molecular flexibility index (Phi) is 2.38. The molecule has 2 aromatic heterocycles. The van der Waals surface area contributed by atoms with Crippen LogP contribution in [0.1, 0.15) is 31.4 Å². The lowest BCUT2D eigenvalue weighted by Crippen LogP contribution is -2.29. The Morgan fingerprint density at radius 2 is 2.22 bits per heavy atom. The first-order valence-corrected chi connectivity index (χ1v) is 7.56. The summed E-state index contributed by atoms with van der Waals surface area (Å²) < 4.78 is 2.03. The monoisotopic (exact) mass is 263 g/mol. The van der Waals surface area contributed by atoms with E-state index in [0.717, 1.165) is 28.9 Å². The van der Waals surface area contributed by atoms with Gasteiger partial charge < -0.3 is 10.0 Å². The van der Waals surface area contributed by atoms with E-state index in [2.05, 4.69) is 4.90 Å². The predicted molar refractivity (Wildman–Crippen MR) is 72.1 cm³/mol. The highest BCUT2D eigenvalue weighted by molar-refractivity contribution is 7.15. The van der Waals surface area contributed by atoms with Crippen LogP contribution >= 0.6 is 11.3 Å². The number of fused-ring (bicyclic) bond motifs is 1. The van der Waals surface area contributed by atoms with E-state index >= 15 is 0 Å². The molecule has 2 heterocycles. The standard InChI is InChI=1S/C13H17N3OS/c17-8-11-12(14-13-15(11)5-6-18-13)16(10-3-4-10)7-9-1-2-9/h5-6,9-10,17H,1-4,7-8H2. The summed E-state index contributed by atoms with van der Waals surface area (Å²) in [5.41, 5.74) is 0.957. The molecule has 0 aromatic carbocycles. The molecule has 0 amide bonds. The van der Waals surface area contributed by atoms with Gasteiger partial charge in [0.1, 0.15) is 0 Å². The zero-order valence-electron chi connectivity index (χ0n) is 10.2. The molecule has 1 N–H and O–H groups in total. The number of thiazole rings is 1. The summed E-state index contributed by atoms with van der Waals surface area (Å²) >= 11 is 1.64. The van der Waals surface area contributed by atoms with Gasteiger partial charge in [-0.1, -0.05) is 0 Å². The maximum Gasteiger partial charge on any atom is 0.195 e. The van der Waals surface area contributed by atoms with Crippen LogP contribution in [0.5, 0.6) is 0 Å². The minimum atomic E-state index is 0.0706. The Hall–Kier alpha value is -1.07. The van der Waals surface area contributed by atoms with E-state index in [4.69, 9.17) is 4.98 Å². The molecule has 2 aliphatic carbocycles. The number of hydrogen-bond donors (Lipinski definition) is 1. The van der Waals surface area contributed by atoms with Crippen LogP contribution in [0.15, 0.2) is 11.6 Å². The molecule has 2 saturated carbocycles. The van der Waals surface area contributed by atoms with E-state index < -0.39 is 0 Å². The Morgan fingerprint density at radius 3 is 2.89 bits per heavy atom. The zero-order valence-corrected chi connectivity index (χ0v) is 11.1. The molecule has 5 heteroatoms. The minimum absolute atomic E-state index is 0.0706. The van der Waals surface area contributed by atoms with Gasteiger partial charge in [-0.25, -0.2) is 4.98 Å². The first-order valence-electron chi connectivity index (χ1n) is 6.68. The Morgan fingerprint density at radius 1 is 1.39 bits per heavy atom. The molecule has 0 radical (unpaired) electrons. The first kappa shape index (κ1) is 10.8. The second kappa shape index (κ2) is 3.96. The lowest BCUT2D eigenvalue weighted by atomic mass is 10.3. The molecule has 0 bridgehead atoms. The lowest BCUT2D eigenvalue weighted by Gasteiger charge is -2.23. The van der Waals surface area contributed by atoms with Gasteiger partial charge in [0.25, 0.3) is 0 Å². The molecule has 2 aliphatic rings. The van der Waals surface area contributed by atoms with E-state index in [-0.39, 0.29) is 6.61 Å². The van der Waals surface area contributed by atoms with E-state index in [1.807, 2.05) is 16.0 Å². The summed E-state index contributed by atoms with van der Waals surface area (Å²) in [6.45, 7) is 1.20. The van der Waals surface area contributed by atoms with Crippen molar-refractivity contribution in [1.82, 2.24) is 9.38 Å². The Balaban J connectivity index is 1.75. The van der Waals surface area contributed by atoms with E-state index in [9.17, 15) is 5.11 Å². The van der Waals surface area contributed by atoms with Crippen LogP contribution < -0.4 is 4.90 Å². The van der Waals surface area contributed by atoms with Crippen LogP contribution in [0, 0.1) is 5.92 Å². The third kappa shape index (κ3) is 1.73. The van der Waals surface area contributed by atoms with Gasteiger partial charge in [0.05, 0.1) is 12.3 Å². The maximum atomic E-state index is 9.64. The number of anilines is 1. The lowest BCUT2D eigenvalue weighted by molar-refractivity contribution is 0.276. The number of imidazole rings is 1. The quantitative estimate of drug-likeness (QED) is 0.899. The highest BCUT2D eigenvalue weighted by Crippen LogP contribution is 2.39. The number of rotatable bonds is 5. The maximum absolute atomic E-state index is 9.64. The number of nitrogens with zero attached hydrogens (tertiary/aromatic N) is 3. The summed E-state index contributed by atoms with van der Waals surface area (Å²) in [4.78, 5) is 8.18.